The van der Waals surface area contributed by atoms with E-state index in [1.54, 1.807) is 0 Å². The summed E-state index contributed by atoms with van der Waals surface area (Å²) in [6.45, 7) is 6.64. The number of allylic oxidation sites excluding steroid dienone is 2. The summed E-state index contributed by atoms with van der Waals surface area (Å²) in [4.78, 5) is 10.7. The average Bonchev–Trinajstić information content (AvgIpc) is 1.64. The van der Waals surface area contributed by atoms with E-state index in [1.807, 2.05) is 0 Å². The molecule has 0 radical (unpaired) electrons. The summed E-state index contributed by atoms with van der Waals surface area (Å²) in [5.41, 5.74) is 0. The molecule has 0 bridgehead atoms. The van der Waals surface area contributed by atoms with Crippen LogP contribution in [0.2, 0.25) is 0 Å². The molecule has 0 aromatic heterocycles. The molecule has 0 amide bonds. The van der Waals surface area contributed by atoms with E-state index in [1.165, 1.54) is 12.2 Å². The van der Waals surface area contributed by atoms with E-state index in [-0.39, 0.29) is 41.9 Å². The van der Waals surface area contributed by atoms with Gasteiger partial charge in [-0.3, -0.25) is 0 Å². The quantitative estimate of drug-likeness (QED) is 0.277. The molecule has 4 heteroatoms. The Labute approximate surface area is 83.8 Å². The van der Waals surface area contributed by atoms with E-state index in [9.17, 15) is 9.46 Å². The number of rotatable bonds is 4. The first kappa shape index (κ1) is 13.3. The summed E-state index contributed by atoms with van der Waals surface area (Å²) in [6, 6.07) is 0. The van der Waals surface area contributed by atoms with Crippen molar-refractivity contribution in [3.8, 4) is 0 Å². The van der Waals surface area contributed by atoms with E-state index in [0.29, 0.717) is 0 Å². The first-order valence-electron chi connectivity index (χ1n) is 2.63. The summed E-state index contributed by atoms with van der Waals surface area (Å²) in [5, 5.41) is 0. The van der Waals surface area contributed by atoms with Gasteiger partial charge in [-0.2, -0.15) is 0 Å². The molecule has 52 valence electrons. The normalized spacial score (nSPS) is 9.70. The van der Waals surface area contributed by atoms with Crippen LogP contribution in [-0.4, -0.2) is 12.3 Å². The molecule has 0 aliphatic rings. The number of hydrogen-bond acceptors (Lipinski definition) is 2. The van der Waals surface area contributed by atoms with Gasteiger partial charge in [-0.25, -0.2) is 0 Å². The second-order valence-corrected chi connectivity index (χ2v) is 4.12. The topological polar surface area (TPSA) is 40.1 Å². The zero-order valence-corrected chi connectivity index (χ0v) is 9.14. The summed E-state index contributed by atoms with van der Waals surface area (Å²) in [5.74, 6) is 0. The van der Waals surface area contributed by atoms with Gasteiger partial charge in [0.15, 0.2) is 0 Å². The molecular weight excluding hydrogens is 158 g/mol. The molecule has 0 aliphatic heterocycles. The molecule has 2 nitrogen and oxygen atoms in total. The zero-order valence-electron chi connectivity index (χ0n) is 6.25. The Kier molecular flexibility index (Phi) is 8.47. The largest absolute Gasteiger partial charge is 1.00 e. The second-order valence-electron chi connectivity index (χ2n) is 1.76. The summed E-state index contributed by atoms with van der Waals surface area (Å²) in [7, 11) is -3.18. The third-order valence-corrected chi connectivity index (χ3v) is 2.44. The van der Waals surface area contributed by atoms with Crippen LogP contribution in [0, 0.1) is 0 Å². The first-order chi connectivity index (χ1) is 4.12. The van der Waals surface area contributed by atoms with Gasteiger partial charge in [0.2, 0.25) is 0 Å². The molecule has 0 fully saturated rings. The minimum atomic E-state index is -3.18. The van der Waals surface area contributed by atoms with Crippen LogP contribution >= 0.6 is 7.37 Å². The van der Waals surface area contributed by atoms with E-state index in [2.05, 4.69) is 13.2 Å². The maximum absolute atomic E-state index is 10.7. The fraction of sp³-hybridized carbons (Fsp3) is 0.333. The van der Waals surface area contributed by atoms with Gasteiger partial charge in [-0.05, 0) is 0 Å². The van der Waals surface area contributed by atoms with Crippen LogP contribution < -0.4 is 34.5 Å². The van der Waals surface area contributed by atoms with Gasteiger partial charge in [0.1, 0.15) is 0 Å². The minimum Gasteiger partial charge on any atom is -0.799 e. The van der Waals surface area contributed by atoms with Crippen molar-refractivity contribution in [2.75, 3.05) is 12.3 Å². The molecule has 0 N–H and O–H groups in total. The van der Waals surface area contributed by atoms with Crippen LogP contribution in [0.3, 0.4) is 0 Å². The maximum atomic E-state index is 10.7. The molecule has 0 aliphatic carbocycles. The average molecular weight is 168 g/mol. The predicted octanol–water partition coefficient (Wildman–Crippen LogP) is -2.00. The Bertz CT molecular complexity index is 142. The SMILES string of the molecule is C=CCP(=O)([O-])CC=C.[Na+]. The van der Waals surface area contributed by atoms with Gasteiger partial charge in [0.05, 0.1) is 0 Å². The zero-order chi connectivity index (χ0) is 7.33. The van der Waals surface area contributed by atoms with Crippen molar-refractivity contribution in [2.45, 2.75) is 0 Å². The van der Waals surface area contributed by atoms with Gasteiger partial charge in [-0.15, -0.1) is 13.2 Å². The van der Waals surface area contributed by atoms with Crippen LogP contribution in [0.5, 0.6) is 0 Å². The third-order valence-electron chi connectivity index (χ3n) is 0.815. The van der Waals surface area contributed by atoms with E-state index >= 15 is 0 Å². The number of hydrogen-bond donors (Lipinski definition) is 0. The second kappa shape index (κ2) is 6.38. The molecule has 0 heterocycles. The predicted molar refractivity (Wildman–Crippen MR) is 37.7 cm³/mol. The van der Waals surface area contributed by atoms with Crippen LogP contribution in [0.1, 0.15) is 0 Å². The molecule has 0 rings (SSSR count). The van der Waals surface area contributed by atoms with Crippen molar-refractivity contribution in [3.63, 3.8) is 0 Å². The molecule has 0 atom stereocenters. The molecule has 0 unspecified atom stereocenters. The van der Waals surface area contributed by atoms with Crippen molar-refractivity contribution in [2.24, 2.45) is 0 Å². The Morgan fingerprint density at radius 2 is 1.60 bits per heavy atom. The molecule has 10 heavy (non-hydrogen) atoms. The van der Waals surface area contributed by atoms with Crippen LogP contribution in [0.25, 0.3) is 0 Å². The van der Waals surface area contributed by atoms with Crippen molar-refractivity contribution in [1.29, 1.82) is 0 Å². The van der Waals surface area contributed by atoms with Gasteiger partial charge >= 0.3 is 29.6 Å². The molecular formula is C6H10NaO2P. The van der Waals surface area contributed by atoms with Crippen LogP contribution in [0.15, 0.2) is 25.3 Å². The fourth-order valence-electron chi connectivity index (χ4n) is 0.468. The maximum Gasteiger partial charge on any atom is 1.00 e. The third kappa shape index (κ3) is 6.79. The van der Waals surface area contributed by atoms with Crippen molar-refractivity contribution in [1.82, 2.24) is 0 Å². The van der Waals surface area contributed by atoms with Gasteiger partial charge in [0, 0.05) is 19.7 Å². The Morgan fingerprint density at radius 1 is 1.30 bits per heavy atom. The van der Waals surface area contributed by atoms with Crippen molar-refractivity contribution < 1.29 is 39.0 Å². The van der Waals surface area contributed by atoms with E-state index in [4.69, 9.17) is 0 Å². The van der Waals surface area contributed by atoms with Crippen LogP contribution in [-0.2, 0) is 4.57 Å². The summed E-state index contributed by atoms with van der Waals surface area (Å²) >= 11 is 0. The van der Waals surface area contributed by atoms with Gasteiger partial charge in [-0.1, -0.05) is 12.2 Å². The fourth-order valence-corrected chi connectivity index (χ4v) is 1.40. The molecule has 0 spiro atoms. The molecule has 0 aromatic carbocycles. The van der Waals surface area contributed by atoms with Gasteiger partial charge < -0.3 is 9.46 Å². The van der Waals surface area contributed by atoms with Gasteiger partial charge in [0.25, 0.3) is 0 Å². The minimum absolute atomic E-state index is 0. The standard InChI is InChI=1S/C6H11O2P.Na/c1-3-5-9(7,8)6-4-2;/h3-4H,1-2,5-6H2,(H,7,8);/q;+1/p-1. The van der Waals surface area contributed by atoms with E-state index < -0.39 is 7.37 Å². The molecule has 0 saturated heterocycles. The van der Waals surface area contributed by atoms with Crippen molar-refractivity contribution >= 4 is 7.37 Å². The molecule has 0 aromatic rings. The van der Waals surface area contributed by atoms with Crippen LogP contribution in [0.4, 0.5) is 0 Å². The first-order valence-corrected chi connectivity index (χ1v) is 4.63. The Morgan fingerprint density at radius 3 is 1.80 bits per heavy atom. The summed E-state index contributed by atoms with van der Waals surface area (Å²) < 4.78 is 10.7. The van der Waals surface area contributed by atoms with Crippen molar-refractivity contribution in [3.05, 3.63) is 25.3 Å². The molecule has 0 saturated carbocycles. The smallest absolute Gasteiger partial charge is 0.799 e. The monoisotopic (exact) mass is 168 g/mol. The Balaban J connectivity index is 0. The Hall–Kier alpha value is 0.670. The van der Waals surface area contributed by atoms with E-state index in [0.717, 1.165) is 0 Å². The summed E-state index contributed by atoms with van der Waals surface area (Å²) in [6.07, 6.45) is 2.91.